The lowest BCUT2D eigenvalue weighted by atomic mass is 9.78. The number of hydrogen-bond acceptors (Lipinski definition) is 2. The molecule has 14 heavy (non-hydrogen) atoms. The summed E-state index contributed by atoms with van der Waals surface area (Å²) in [6.45, 7) is 4.10. The van der Waals surface area contributed by atoms with Gasteiger partial charge in [-0.2, -0.15) is 0 Å². The van der Waals surface area contributed by atoms with Crippen LogP contribution in [0.4, 0.5) is 0 Å². The molecule has 3 nitrogen and oxygen atoms in total. The van der Waals surface area contributed by atoms with Gasteiger partial charge in [0, 0.05) is 6.61 Å². The fourth-order valence-electron chi connectivity index (χ4n) is 2.59. The van der Waals surface area contributed by atoms with Crippen molar-refractivity contribution in [2.45, 2.75) is 39.5 Å². The van der Waals surface area contributed by atoms with E-state index in [1.165, 1.54) is 0 Å². The summed E-state index contributed by atoms with van der Waals surface area (Å²) in [7, 11) is 0. The molecular formula is C11H20O3. The summed E-state index contributed by atoms with van der Waals surface area (Å²) in [6.07, 6.45) is 3.16. The second kappa shape index (κ2) is 4.30. The summed E-state index contributed by atoms with van der Waals surface area (Å²) in [4.78, 5) is 11.2. The molecule has 0 aromatic carbocycles. The Balaban J connectivity index is 2.68. The molecule has 1 fully saturated rings. The number of carboxylic acid groups (broad SMARTS) is 1. The molecule has 0 spiro atoms. The van der Waals surface area contributed by atoms with Gasteiger partial charge in [-0.15, -0.1) is 0 Å². The quantitative estimate of drug-likeness (QED) is 0.728. The van der Waals surface area contributed by atoms with Crippen LogP contribution < -0.4 is 0 Å². The second-order valence-electron chi connectivity index (χ2n) is 4.93. The van der Waals surface area contributed by atoms with Crippen LogP contribution in [0, 0.1) is 17.3 Å². The van der Waals surface area contributed by atoms with E-state index in [4.69, 9.17) is 5.11 Å². The lowest BCUT2D eigenvalue weighted by Gasteiger charge is -2.26. The zero-order valence-corrected chi connectivity index (χ0v) is 8.99. The molecule has 0 saturated heterocycles. The van der Waals surface area contributed by atoms with E-state index in [0.717, 1.165) is 19.3 Å². The standard InChI is InChI=1S/C11H20O3/c1-8-3-4-11(5-8,10(13)14)6-9(2)7-12/h8-9,12H,3-7H2,1-2H3,(H,13,14). The second-order valence-corrected chi connectivity index (χ2v) is 4.93. The highest BCUT2D eigenvalue weighted by molar-refractivity contribution is 5.75. The van der Waals surface area contributed by atoms with Gasteiger partial charge < -0.3 is 10.2 Å². The Hall–Kier alpha value is -0.570. The Labute approximate surface area is 85.1 Å². The summed E-state index contributed by atoms with van der Waals surface area (Å²) >= 11 is 0. The largest absolute Gasteiger partial charge is 0.481 e. The topological polar surface area (TPSA) is 57.5 Å². The van der Waals surface area contributed by atoms with Crippen molar-refractivity contribution in [1.29, 1.82) is 0 Å². The minimum Gasteiger partial charge on any atom is -0.481 e. The Morgan fingerprint density at radius 3 is 2.64 bits per heavy atom. The molecule has 0 heterocycles. The van der Waals surface area contributed by atoms with Gasteiger partial charge in [0.15, 0.2) is 0 Å². The molecule has 3 atom stereocenters. The molecule has 1 saturated carbocycles. The zero-order valence-electron chi connectivity index (χ0n) is 8.99. The highest BCUT2D eigenvalue weighted by Gasteiger charge is 2.44. The van der Waals surface area contributed by atoms with Gasteiger partial charge >= 0.3 is 5.97 Å². The van der Waals surface area contributed by atoms with Gasteiger partial charge in [0.1, 0.15) is 0 Å². The van der Waals surface area contributed by atoms with E-state index in [-0.39, 0.29) is 12.5 Å². The molecule has 82 valence electrons. The maximum atomic E-state index is 11.2. The third kappa shape index (κ3) is 2.27. The monoisotopic (exact) mass is 200 g/mol. The molecule has 3 heteroatoms. The van der Waals surface area contributed by atoms with Crippen LogP contribution in [0.15, 0.2) is 0 Å². The van der Waals surface area contributed by atoms with Crippen molar-refractivity contribution in [2.24, 2.45) is 17.3 Å². The van der Waals surface area contributed by atoms with Gasteiger partial charge in [0.05, 0.1) is 5.41 Å². The van der Waals surface area contributed by atoms with Crippen molar-refractivity contribution < 1.29 is 15.0 Å². The average molecular weight is 200 g/mol. The highest BCUT2D eigenvalue weighted by atomic mass is 16.4. The Morgan fingerprint density at radius 2 is 2.29 bits per heavy atom. The lowest BCUT2D eigenvalue weighted by molar-refractivity contribution is -0.150. The number of carbonyl (C=O) groups is 1. The fourth-order valence-corrected chi connectivity index (χ4v) is 2.59. The normalized spacial score (nSPS) is 34.4. The third-order valence-corrected chi connectivity index (χ3v) is 3.36. The summed E-state index contributed by atoms with van der Waals surface area (Å²) < 4.78 is 0. The number of aliphatic hydroxyl groups is 1. The van der Waals surface area contributed by atoms with E-state index < -0.39 is 11.4 Å². The SMILES string of the molecule is CC(CO)CC1(C(=O)O)CCC(C)C1. The molecule has 0 bridgehead atoms. The van der Waals surface area contributed by atoms with Gasteiger partial charge in [-0.1, -0.05) is 13.8 Å². The minimum absolute atomic E-state index is 0.0867. The Morgan fingerprint density at radius 1 is 1.64 bits per heavy atom. The van der Waals surface area contributed by atoms with E-state index in [9.17, 15) is 9.90 Å². The number of hydrogen-bond donors (Lipinski definition) is 2. The highest BCUT2D eigenvalue weighted by Crippen LogP contribution is 2.46. The molecule has 0 radical (unpaired) electrons. The van der Waals surface area contributed by atoms with Gasteiger partial charge in [0.25, 0.3) is 0 Å². The van der Waals surface area contributed by atoms with E-state index in [1.54, 1.807) is 0 Å². The van der Waals surface area contributed by atoms with Crippen molar-refractivity contribution in [3.63, 3.8) is 0 Å². The summed E-state index contributed by atoms with van der Waals surface area (Å²) in [6, 6.07) is 0. The first-order valence-electron chi connectivity index (χ1n) is 5.34. The van der Waals surface area contributed by atoms with Crippen LogP contribution in [0.2, 0.25) is 0 Å². The van der Waals surface area contributed by atoms with Crippen molar-refractivity contribution >= 4 is 5.97 Å². The molecule has 0 aromatic heterocycles. The van der Waals surface area contributed by atoms with E-state index in [0.29, 0.717) is 12.3 Å². The maximum absolute atomic E-state index is 11.2. The van der Waals surface area contributed by atoms with Gasteiger partial charge in [-0.05, 0) is 37.5 Å². The molecule has 0 aliphatic heterocycles. The number of rotatable bonds is 4. The number of aliphatic hydroxyl groups excluding tert-OH is 1. The summed E-state index contributed by atoms with van der Waals surface area (Å²) in [5.74, 6) is -0.0736. The first kappa shape index (κ1) is 11.5. The summed E-state index contributed by atoms with van der Waals surface area (Å²) in [5, 5.41) is 18.2. The maximum Gasteiger partial charge on any atom is 0.309 e. The van der Waals surface area contributed by atoms with Crippen molar-refractivity contribution in [3.8, 4) is 0 Å². The molecular weight excluding hydrogens is 180 g/mol. The van der Waals surface area contributed by atoms with Crippen LogP contribution in [-0.2, 0) is 4.79 Å². The smallest absolute Gasteiger partial charge is 0.309 e. The zero-order chi connectivity index (χ0) is 10.8. The lowest BCUT2D eigenvalue weighted by Crippen LogP contribution is -2.31. The Bertz CT molecular complexity index is 215. The van der Waals surface area contributed by atoms with Gasteiger partial charge in [0.2, 0.25) is 0 Å². The first-order chi connectivity index (χ1) is 6.50. The molecule has 0 aromatic rings. The molecule has 1 rings (SSSR count). The molecule has 3 unspecified atom stereocenters. The van der Waals surface area contributed by atoms with Crippen LogP contribution in [0.5, 0.6) is 0 Å². The van der Waals surface area contributed by atoms with Crippen LogP contribution in [0.1, 0.15) is 39.5 Å². The first-order valence-corrected chi connectivity index (χ1v) is 5.34. The predicted molar refractivity (Wildman–Crippen MR) is 54.0 cm³/mol. The third-order valence-electron chi connectivity index (χ3n) is 3.36. The predicted octanol–water partition coefficient (Wildman–Crippen LogP) is 1.90. The van der Waals surface area contributed by atoms with Crippen molar-refractivity contribution in [3.05, 3.63) is 0 Å². The van der Waals surface area contributed by atoms with Gasteiger partial charge in [-0.25, -0.2) is 0 Å². The number of aliphatic carboxylic acids is 1. The van der Waals surface area contributed by atoms with E-state index in [2.05, 4.69) is 6.92 Å². The van der Waals surface area contributed by atoms with Crippen LogP contribution >= 0.6 is 0 Å². The van der Waals surface area contributed by atoms with Crippen molar-refractivity contribution in [2.75, 3.05) is 6.61 Å². The van der Waals surface area contributed by atoms with Gasteiger partial charge in [-0.3, -0.25) is 4.79 Å². The average Bonchev–Trinajstić information content (AvgIpc) is 2.48. The molecule has 2 N–H and O–H groups in total. The molecule has 1 aliphatic rings. The van der Waals surface area contributed by atoms with Crippen molar-refractivity contribution in [1.82, 2.24) is 0 Å². The molecule has 0 amide bonds. The van der Waals surface area contributed by atoms with E-state index >= 15 is 0 Å². The minimum atomic E-state index is -0.679. The van der Waals surface area contributed by atoms with Crippen LogP contribution in [0.3, 0.4) is 0 Å². The molecule has 1 aliphatic carbocycles. The fraction of sp³-hybridized carbons (Fsp3) is 0.909. The Kier molecular flexibility index (Phi) is 3.53. The summed E-state index contributed by atoms with van der Waals surface area (Å²) in [5.41, 5.74) is -0.554. The van der Waals surface area contributed by atoms with Crippen LogP contribution in [0.25, 0.3) is 0 Å². The number of carboxylic acids is 1. The van der Waals surface area contributed by atoms with E-state index in [1.807, 2.05) is 6.92 Å². The van der Waals surface area contributed by atoms with Crippen LogP contribution in [-0.4, -0.2) is 22.8 Å².